The molecule has 0 aromatic carbocycles. The van der Waals surface area contributed by atoms with Gasteiger partial charge in [0.15, 0.2) is 0 Å². The van der Waals surface area contributed by atoms with Gasteiger partial charge in [-0.2, -0.15) is 0 Å². The highest BCUT2D eigenvalue weighted by Crippen LogP contribution is 2.26. The van der Waals surface area contributed by atoms with Gasteiger partial charge in [0.1, 0.15) is 0 Å². The second kappa shape index (κ2) is 3.58. The summed E-state index contributed by atoms with van der Waals surface area (Å²) in [6.45, 7) is 6.32. The maximum Gasteiger partial charge on any atom is 0.265 e. The van der Waals surface area contributed by atoms with E-state index in [2.05, 4.69) is 20.8 Å². The van der Waals surface area contributed by atoms with Crippen molar-refractivity contribution < 1.29 is 8.78 Å². The van der Waals surface area contributed by atoms with Crippen molar-refractivity contribution in [3.8, 4) is 0 Å². The van der Waals surface area contributed by atoms with E-state index in [9.17, 15) is 8.78 Å². The van der Waals surface area contributed by atoms with Gasteiger partial charge in [-0.3, -0.25) is 0 Å². The van der Waals surface area contributed by atoms with E-state index in [0.29, 0.717) is 0 Å². The van der Waals surface area contributed by atoms with Crippen molar-refractivity contribution in [2.75, 3.05) is 0 Å². The number of rotatable bonds is 1. The van der Waals surface area contributed by atoms with Gasteiger partial charge < -0.3 is 4.40 Å². The Morgan fingerprint density at radius 1 is 1.12 bits per heavy atom. The van der Waals surface area contributed by atoms with Crippen molar-refractivity contribution in [3.05, 3.63) is 41.7 Å². The molecule has 0 fully saturated rings. The Morgan fingerprint density at radius 3 is 2.38 bits per heavy atom. The Hall–Kier alpha value is -1.38. The Balaban J connectivity index is 2.54. The molecule has 2 rings (SSSR count). The van der Waals surface area contributed by atoms with Crippen LogP contribution in [0.3, 0.4) is 0 Å². The zero-order chi connectivity index (χ0) is 11.9. The van der Waals surface area contributed by atoms with Crippen LogP contribution in [0.5, 0.6) is 0 Å². The van der Waals surface area contributed by atoms with Crippen LogP contribution in [0.2, 0.25) is 0 Å². The first-order chi connectivity index (χ1) is 7.38. The van der Waals surface area contributed by atoms with Crippen LogP contribution in [0.1, 0.15) is 38.3 Å². The van der Waals surface area contributed by atoms with E-state index in [1.165, 1.54) is 12.3 Å². The van der Waals surface area contributed by atoms with Crippen LogP contribution in [0.25, 0.3) is 5.52 Å². The third-order valence-corrected chi connectivity index (χ3v) is 2.73. The fraction of sp³-hybridized carbons (Fsp3) is 0.385. The molecular formula is C13H15F2N. The molecule has 0 aliphatic carbocycles. The number of fused-ring (bicyclic) bond motifs is 1. The molecule has 0 radical (unpaired) electrons. The smallest absolute Gasteiger partial charge is 0.265 e. The van der Waals surface area contributed by atoms with Gasteiger partial charge in [0.25, 0.3) is 6.43 Å². The van der Waals surface area contributed by atoms with Crippen LogP contribution in [0.15, 0.2) is 30.6 Å². The Morgan fingerprint density at radius 2 is 1.81 bits per heavy atom. The second-order valence-corrected chi connectivity index (χ2v) is 5.07. The number of aromatic nitrogens is 1. The largest absolute Gasteiger partial charge is 0.323 e. The standard InChI is InChI=1S/C13H15F2N/c1-13(2,3)10-6-11-5-4-9(12(14)15)7-16(11)8-10/h4-8,12H,1-3H3. The topological polar surface area (TPSA) is 4.41 Å². The van der Waals surface area contributed by atoms with Crippen molar-refractivity contribution in [3.63, 3.8) is 0 Å². The number of alkyl halides is 2. The molecule has 0 bridgehead atoms. The van der Waals surface area contributed by atoms with Gasteiger partial charge in [-0.05, 0) is 29.2 Å². The Labute approximate surface area is 93.7 Å². The summed E-state index contributed by atoms with van der Waals surface area (Å²) in [6, 6.07) is 5.25. The summed E-state index contributed by atoms with van der Waals surface area (Å²) in [5, 5.41) is 0. The van der Waals surface area contributed by atoms with E-state index in [0.717, 1.165) is 11.1 Å². The van der Waals surface area contributed by atoms with Gasteiger partial charge in [-0.15, -0.1) is 0 Å². The van der Waals surface area contributed by atoms with E-state index in [-0.39, 0.29) is 11.0 Å². The van der Waals surface area contributed by atoms with Crippen LogP contribution < -0.4 is 0 Å². The van der Waals surface area contributed by atoms with Crippen LogP contribution in [0.4, 0.5) is 8.78 Å². The van der Waals surface area contributed by atoms with E-state index in [4.69, 9.17) is 0 Å². The lowest BCUT2D eigenvalue weighted by Crippen LogP contribution is -2.09. The van der Waals surface area contributed by atoms with Crippen molar-refractivity contribution in [2.45, 2.75) is 32.6 Å². The molecule has 2 aromatic rings. The predicted molar refractivity (Wildman–Crippen MR) is 61.1 cm³/mol. The zero-order valence-corrected chi connectivity index (χ0v) is 9.67. The lowest BCUT2D eigenvalue weighted by molar-refractivity contribution is 0.151. The lowest BCUT2D eigenvalue weighted by atomic mass is 9.89. The normalized spacial score (nSPS) is 12.6. The van der Waals surface area contributed by atoms with Gasteiger partial charge in [-0.1, -0.05) is 20.8 Å². The summed E-state index contributed by atoms with van der Waals surface area (Å²) >= 11 is 0. The summed E-state index contributed by atoms with van der Waals surface area (Å²) in [6.07, 6.45) is 1.00. The highest BCUT2D eigenvalue weighted by Gasteiger charge is 2.16. The molecular weight excluding hydrogens is 208 g/mol. The highest BCUT2D eigenvalue weighted by molar-refractivity contribution is 5.52. The molecule has 0 saturated heterocycles. The summed E-state index contributed by atoms with van der Waals surface area (Å²) < 4.78 is 26.8. The molecule has 0 saturated carbocycles. The number of pyridine rings is 1. The van der Waals surface area contributed by atoms with E-state index >= 15 is 0 Å². The fourth-order valence-corrected chi connectivity index (χ4v) is 1.67. The summed E-state index contributed by atoms with van der Waals surface area (Å²) in [5.41, 5.74) is 2.20. The minimum Gasteiger partial charge on any atom is -0.323 e. The second-order valence-electron chi connectivity index (χ2n) is 5.07. The predicted octanol–water partition coefficient (Wildman–Crippen LogP) is 4.17. The van der Waals surface area contributed by atoms with Gasteiger partial charge in [0.05, 0.1) is 0 Å². The molecule has 0 N–H and O–H groups in total. The van der Waals surface area contributed by atoms with E-state index in [1.54, 1.807) is 10.5 Å². The molecule has 2 heterocycles. The van der Waals surface area contributed by atoms with Crippen LogP contribution >= 0.6 is 0 Å². The number of halogens is 2. The van der Waals surface area contributed by atoms with Crippen LogP contribution in [0, 0.1) is 0 Å². The summed E-state index contributed by atoms with van der Waals surface area (Å²) in [4.78, 5) is 0. The quantitative estimate of drug-likeness (QED) is 0.683. The van der Waals surface area contributed by atoms with Crippen LogP contribution in [-0.2, 0) is 5.41 Å². The molecule has 0 amide bonds. The van der Waals surface area contributed by atoms with Crippen LogP contribution in [-0.4, -0.2) is 4.40 Å². The summed E-state index contributed by atoms with van der Waals surface area (Å²) in [5.74, 6) is 0. The molecule has 0 atom stereocenters. The number of nitrogens with zero attached hydrogens (tertiary/aromatic N) is 1. The van der Waals surface area contributed by atoms with E-state index < -0.39 is 6.43 Å². The minimum absolute atomic E-state index is 0.0387. The minimum atomic E-state index is -2.41. The van der Waals surface area contributed by atoms with Gasteiger partial charge in [0, 0.05) is 23.5 Å². The molecule has 3 heteroatoms. The molecule has 16 heavy (non-hydrogen) atoms. The van der Waals surface area contributed by atoms with Gasteiger partial charge in [0.2, 0.25) is 0 Å². The van der Waals surface area contributed by atoms with Crippen molar-refractivity contribution in [1.29, 1.82) is 0 Å². The molecule has 0 spiro atoms. The average molecular weight is 223 g/mol. The lowest BCUT2D eigenvalue weighted by Gasteiger charge is -2.15. The first-order valence-electron chi connectivity index (χ1n) is 5.28. The third kappa shape index (κ3) is 1.94. The zero-order valence-electron chi connectivity index (χ0n) is 9.67. The fourth-order valence-electron chi connectivity index (χ4n) is 1.67. The average Bonchev–Trinajstić information content (AvgIpc) is 2.58. The third-order valence-electron chi connectivity index (χ3n) is 2.73. The van der Waals surface area contributed by atoms with Crippen molar-refractivity contribution in [2.24, 2.45) is 0 Å². The number of hydrogen-bond donors (Lipinski definition) is 0. The van der Waals surface area contributed by atoms with Crippen molar-refractivity contribution >= 4 is 5.52 Å². The SMILES string of the molecule is CC(C)(C)c1cc2ccc(C(F)F)cn2c1. The summed E-state index contributed by atoms with van der Waals surface area (Å²) in [7, 11) is 0. The molecule has 2 aromatic heterocycles. The first-order valence-corrected chi connectivity index (χ1v) is 5.28. The molecule has 0 aliphatic heterocycles. The molecule has 1 nitrogen and oxygen atoms in total. The Bertz CT molecular complexity index is 506. The maximum absolute atomic E-state index is 12.5. The molecule has 0 aliphatic rings. The van der Waals surface area contributed by atoms with E-state index in [1.807, 2.05) is 12.3 Å². The van der Waals surface area contributed by atoms with Gasteiger partial charge >= 0.3 is 0 Å². The van der Waals surface area contributed by atoms with Gasteiger partial charge in [-0.25, -0.2) is 8.78 Å². The molecule has 0 unspecified atom stereocenters. The van der Waals surface area contributed by atoms with Crippen molar-refractivity contribution in [1.82, 2.24) is 4.40 Å². The number of hydrogen-bond acceptors (Lipinski definition) is 0. The Kier molecular flexibility index (Phi) is 2.49. The monoisotopic (exact) mass is 223 g/mol. The maximum atomic E-state index is 12.5. The first kappa shape index (κ1) is 11.1. The highest BCUT2D eigenvalue weighted by atomic mass is 19.3. The molecule has 86 valence electrons.